The van der Waals surface area contributed by atoms with E-state index in [1.54, 1.807) is 11.5 Å². The van der Waals surface area contributed by atoms with Gasteiger partial charge >= 0.3 is 7.60 Å². The Morgan fingerprint density at radius 2 is 2.29 bits per heavy atom. The number of aromatic nitrogens is 4. The molecule has 2 aromatic rings. The Hall–Kier alpha value is -1.62. The van der Waals surface area contributed by atoms with Crippen LogP contribution >= 0.6 is 7.60 Å². The molecule has 3 rings (SSSR count). The van der Waals surface area contributed by atoms with Gasteiger partial charge in [-0.25, -0.2) is 9.97 Å². The zero-order valence-electron chi connectivity index (χ0n) is 12.9. The Labute approximate surface area is 135 Å². The lowest BCUT2D eigenvalue weighted by Gasteiger charge is -2.22. The van der Waals surface area contributed by atoms with Crippen molar-refractivity contribution in [2.75, 3.05) is 20.1 Å². The number of aromatic amines is 1. The molecule has 132 valence electrons. The molecule has 1 fully saturated rings. The van der Waals surface area contributed by atoms with Crippen LogP contribution in [0.3, 0.4) is 0 Å². The van der Waals surface area contributed by atoms with Gasteiger partial charge in [0.2, 0.25) is 0 Å². The molecule has 1 aliphatic heterocycles. The van der Waals surface area contributed by atoms with E-state index < -0.39 is 32.4 Å². The van der Waals surface area contributed by atoms with Crippen molar-refractivity contribution in [3.63, 3.8) is 0 Å². The zero-order valence-corrected chi connectivity index (χ0v) is 13.8. The molecule has 0 radical (unpaired) electrons. The summed E-state index contributed by atoms with van der Waals surface area (Å²) in [5.74, 6) is 0.426. The van der Waals surface area contributed by atoms with Crippen molar-refractivity contribution in [3.8, 4) is 0 Å². The fraction of sp³-hybridized carbons (Fsp3) is 0.583. The van der Waals surface area contributed by atoms with Gasteiger partial charge in [-0.3, -0.25) is 13.9 Å². The van der Waals surface area contributed by atoms with Gasteiger partial charge in [0.05, 0.1) is 12.9 Å². The topological polar surface area (TPSA) is 149 Å². The minimum absolute atomic E-state index is 0.0744. The van der Waals surface area contributed by atoms with Gasteiger partial charge in [-0.15, -0.1) is 0 Å². The van der Waals surface area contributed by atoms with Crippen LogP contribution in [0.2, 0.25) is 0 Å². The normalized spacial score (nSPS) is 24.8. The number of nitrogens with zero attached hydrogens (tertiary/aromatic N) is 3. The predicted octanol–water partition coefficient (Wildman–Crippen LogP) is -0.508. The van der Waals surface area contributed by atoms with Gasteiger partial charge in [0.25, 0.3) is 5.56 Å². The molecule has 0 unspecified atom stereocenters. The van der Waals surface area contributed by atoms with E-state index in [9.17, 15) is 9.36 Å². The molecule has 11 nitrogen and oxygen atoms in total. The summed E-state index contributed by atoms with van der Waals surface area (Å²) in [5.41, 5.74) is 0.134. The zero-order chi connectivity index (χ0) is 17.5. The van der Waals surface area contributed by atoms with Crippen LogP contribution in [-0.4, -0.2) is 61.6 Å². The summed E-state index contributed by atoms with van der Waals surface area (Å²) >= 11 is 0. The van der Waals surface area contributed by atoms with Crippen molar-refractivity contribution in [2.24, 2.45) is 0 Å². The number of nitrogens with one attached hydrogen (secondary N) is 1. The fourth-order valence-electron chi connectivity index (χ4n) is 2.63. The second kappa shape index (κ2) is 6.36. The maximum Gasteiger partial charge on any atom is 0.350 e. The SMILES string of the molecule is CO[C@@H]1[C@@H](OCP(=O)(O)O)CO[C@H]1n1cnc2c(=O)[nH]c(C)nc21. The molecule has 3 atom stereocenters. The Morgan fingerprint density at radius 1 is 1.54 bits per heavy atom. The van der Waals surface area contributed by atoms with Crippen molar-refractivity contribution >= 4 is 18.8 Å². The number of rotatable bonds is 5. The highest BCUT2D eigenvalue weighted by Crippen LogP contribution is 2.37. The highest BCUT2D eigenvalue weighted by Gasteiger charge is 2.41. The predicted molar refractivity (Wildman–Crippen MR) is 80.5 cm³/mol. The number of ether oxygens (including phenoxy) is 3. The Balaban J connectivity index is 1.90. The lowest BCUT2D eigenvalue weighted by Crippen LogP contribution is -2.33. The first-order valence-electron chi connectivity index (χ1n) is 7.04. The highest BCUT2D eigenvalue weighted by atomic mass is 31.2. The lowest BCUT2D eigenvalue weighted by atomic mass is 10.2. The summed E-state index contributed by atoms with van der Waals surface area (Å²) in [4.78, 5) is 40.6. The molecule has 1 saturated heterocycles. The second-order valence-corrected chi connectivity index (χ2v) is 6.99. The van der Waals surface area contributed by atoms with Crippen molar-refractivity contribution in [2.45, 2.75) is 25.4 Å². The van der Waals surface area contributed by atoms with Crippen LogP contribution in [0.25, 0.3) is 11.2 Å². The molecule has 12 heteroatoms. The van der Waals surface area contributed by atoms with E-state index in [4.69, 9.17) is 24.0 Å². The molecule has 0 aliphatic carbocycles. The minimum atomic E-state index is -4.30. The standard InChI is InChI=1S/C12H17N4O7P/c1-6-14-10-8(11(17)15-6)13-4-16(10)12-9(21-2)7(3-22-12)23-5-24(18,19)20/h4,7,9,12H,3,5H2,1-2H3,(H,14,15,17)(H2,18,19,20)/t7-,9+,12+/m0/s1. The summed E-state index contributed by atoms with van der Waals surface area (Å²) in [6.45, 7) is 1.72. The first-order valence-corrected chi connectivity index (χ1v) is 8.84. The van der Waals surface area contributed by atoms with Gasteiger partial charge in [-0.05, 0) is 6.92 Å². The quantitative estimate of drug-likeness (QED) is 0.599. The maximum absolute atomic E-state index is 11.9. The van der Waals surface area contributed by atoms with Gasteiger partial charge in [0.15, 0.2) is 17.4 Å². The summed E-state index contributed by atoms with van der Waals surface area (Å²) in [5, 5.41) is 0. The average molecular weight is 360 g/mol. The van der Waals surface area contributed by atoms with E-state index in [0.717, 1.165) is 0 Å². The van der Waals surface area contributed by atoms with Gasteiger partial charge in [-0.1, -0.05) is 0 Å². The van der Waals surface area contributed by atoms with Crippen LogP contribution in [0.1, 0.15) is 12.1 Å². The summed E-state index contributed by atoms with van der Waals surface area (Å²) < 4.78 is 28.7. The molecule has 0 aromatic carbocycles. The van der Waals surface area contributed by atoms with Gasteiger partial charge < -0.3 is 29.0 Å². The molecule has 0 saturated carbocycles. The maximum atomic E-state index is 11.9. The third-order valence-corrected chi connectivity index (χ3v) is 4.12. The summed E-state index contributed by atoms with van der Waals surface area (Å²) in [7, 11) is -2.86. The first-order chi connectivity index (χ1) is 11.3. The van der Waals surface area contributed by atoms with Crippen LogP contribution < -0.4 is 5.56 Å². The molecule has 3 N–H and O–H groups in total. The molecule has 3 heterocycles. The van der Waals surface area contributed by atoms with Crippen molar-refractivity contribution in [3.05, 3.63) is 22.5 Å². The summed E-state index contributed by atoms with van der Waals surface area (Å²) in [6.07, 6.45) is -1.32. The van der Waals surface area contributed by atoms with Crippen LogP contribution in [-0.2, 0) is 18.8 Å². The molecular formula is C12H17N4O7P. The molecular weight excluding hydrogens is 343 g/mol. The van der Waals surface area contributed by atoms with Gasteiger partial charge in [-0.2, -0.15) is 0 Å². The number of hydrogen-bond acceptors (Lipinski definition) is 7. The lowest BCUT2D eigenvalue weighted by molar-refractivity contribution is -0.0532. The van der Waals surface area contributed by atoms with E-state index in [0.29, 0.717) is 11.5 Å². The first kappa shape index (κ1) is 17.2. The molecule has 1 aliphatic rings. The van der Waals surface area contributed by atoms with Crippen molar-refractivity contribution in [1.29, 1.82) is 0 Å². The minimum Gasteiger partial charge on any atom is -0.374 e. The van der Waals surface area contributed by atoms with E-state index in [1.165, 1.54) is 13.4 Å². The molecule has 24 heavy (non-hydrogen) atoms. The number of methoxy groups -OCH3 is 1. The van der Waals surface area contributed by atoms with Gasteiger partial charge in [0, 0.05) is 7.11 Å². The molecule has 2 aromatic heterocycles. The van der Waals surface area contributed by atoms with E-state index in [-0.39, 0.29) is 17.7 Å². The smallest absolute Gasteiger partial charge is 0.350 e. The van der Waals surface area contributed by atoms with E-state index >= 15 is 0 Å². The van der Waals surface area contributed by atoms with Crippen LogP contribution in [0.4, 0.5) is 0 Å². The van der Waals surface area contributed by atoms with Crippen molar-refractivity contribution < 1.29 is 28.6 Å². The number of hydrogen-bond donors (Lipinski definition) is 3. The van der Waals surface area contributed by atoms with Crippen LogP contribution in [0.15, 0.2) is 11.1 Å². The number of H-pyrrole nitrogens is 1. The second-order valence-electron chi connectivity index (χ2n) is 5.40. The number of imidazole rings is 1. The molecule has 0 bridgehead atoms. The Bertz CT molecular complexity index is 844. The molecule has 0 amide bonds. The highest BCUT2D eigenvalue weighted by molar-refractivity contribution is 7.51. The number of aryl methyl sites for hydroxylation is 1. The fourth-order valence-corrected chi connectivity index (χ4v) is 3.02. The molecule has 0 spiro atoms. The van der Waals surface area contributed by atoms with Crippen LogP contribution in [0, 0.1) is 6.92 Å². The third-order valence-electron chi connectivity index (χ3n) is 3.63. The monoisotopic (exact) mass is 360 g/mol. The number of fused-ring (bicyclic) bond motifs is 1. The Morgan fingerprint density at radius 3 is 2.96 bits per heavy atom. The largest absolute Gasteiger partial charge is 0.374 e. The summed E-state index contributed by atoms with van der Waals surface area (Å²) in [6, 6.07) is 0. The average Bonchev–Trinajstić information content (AvgIpc) is 3.07. The van der Waals surface area contributed by atoms with Gasteiger partial charge in [0.1, 0.15) is 24.4 Å². The van der Waals surface area contributed by atoms with E-state index in [2.05, 4.69) is 15.0 Å². The van der Waals surface area contributed by atoms with E-state index in [1.807, 2.05) is 0 Å². The van der Waals surface area contributed by atoms with Crippen molar-refractivity contribution in [1.82, 2.24) is 19.5 Å². The van der Waals surface area contributed by atoms with Crippen LogP contribution in [0.5, 0.6) is 0 Å². The Kier molecular flexibility index (Phi) is 4.56. The third kappa shape index (κ3) is 3.27.